The molecule has 154 valence electrons. The summed E-state index contributed by atoms with van der Waals surface area (Å²) in [5.74, 6) is 0.671. The normalized spacial score (nSPS) is 33.7. The Labute approximate surface area is 169 Å². The standard InChI is InChI=1S/C22H27N3O4/c23-19(26)13-7-9-25(10-8-13)21(28)17-11-15-6-5-14(17)12-22(15)24-20(27)16-3-1-2-4-18(16)29-22/h1-4,13-15,17H,5-12H2,(H2,23,26)(H,24,27)/t14-,15-,17+,22-/m1/s1. The van der Waals surface area contributed by atoms with E-state index in [1.165, 1.54) is 0 Å². The summed E-state index contributed by atoms with van der Waals surface area (Å²) in [6.07, 6.45) is 4.67. The van der Waals surface area contributed by atoms with E-state index >= 15 is 0 Å². The van der Waals surface area contributed by atoms with Gasteiger partial charge in [-0.25, -0.2) is 0 Å². The summed E-state index contributed by atoms with van der Waals surface area (Å²) in [6, 6.07) is 7.35. The molecule has 4 atom stereocenters. The third-order valence-corrected chi connectivity index (χ3v) is 7.49. The number of carbonyl (C=O) groups excluding carboxylic acids is 3. The van der Waals surface area contributed by atoms with Crippen LogP contribution in [-0.2, 0) is 9.59 Å². The van der Waals surface area contributed by atoms with Gasteiger partial charge in [-0.2, -0.15) is 0 Å². The van der Waals surface area contributed by atoms with Crippen LogP contribution in [0, 0.1) is 23.7 Å². The average Bonchev–Trinajstić information content (AvgIpc) is 2.73. The number of amides is 3. The van der Waals surface area contributed by atoms with Crippen LogP contribution in [0.2, 0.25) is 0 Å². The zero-order valence-corrected chi connectivity index (χ0v) is 16.4. The van der Waals surface area contributed by atoms with Crippen LogP contribution in [0.4, 0.5) is 0 Å². The number of nitrogens with zero attached hydrogens (tertiary/aromatic N) is 1. The van der Waals surface area contributed by atoms with E-state index in [9.17, 15) is 14.4 Å². The molecule has 1 aromatic carbocycles. The molecule has 0 aromatic heterocycles. The van der Waals surface area contributed by atoms with Crippen molar-refractivity contribution < 1.29 is 19.1 Å². The van der Waals surface area contributed by atoms with E-state index < -0.39 is 5.72 Å². The quantitative estimate of drug-likeness (QED) is 0.792. The van der Waals surface area contributed by atoms with Gasteiger partial charge in [0.25, 0.3) is 5.91 Å². The molecule has 1 aromatic rings. The highest BCUT2D eigenvalue weighted by atomic mass is 16.5. The Morgan fingerprint density at radius 2 is 1.90 bits per heavy atom. The van der Waals surface area contributed by atoms with Crippen molar-refractivity contribution in [3.63, 3.8) is 0 Å². The van der Waals surface area contributed by atoms with Crippen LogP contribution < -0.4 is 15.8 Å². The number of para-hydroxylation sites is 1. The van der Waals surface area contributed by atoms with E-state index in [2.05, 4.69) is 5.32 Å². The number of fused-ring (bicyclic) bond motifs is 3. The van der Waals surface area contributed by atoms with E-state index in [1.807, 2.05) is 23.1 Å². The van der Waals surface area contributed by atoms with Crippen LogP contribution >= 0.6 is 0 Å². The lowest BCUT2D eigenvalue weighted by atomic mass is 9.59. The lowest BCUT2D eigenvalue weighted by Gasteiger charge is -2.55. The van der Waals surface area contributed by atoms with E-state index in [4.69, 9.17) is 10.5 Å². The summed E-state index contributed by atoms with van der Waals surface area (Å²) in [5, 5.41) is 3.14. The molecule has 3 saturated carbocycles. The Morgan fingerprint density at radius 3 is 2.59 bits per heavy atom. The Balaban J connectivity index is 1.31. The predicted octanol–water partition coefficient (Wildman–Crippen LogP) is 1.67. The lowest BCUT2D eigenvalue weighted by Crippen LogP contribution is -2.67. The first-order valence-corrected chi connectivity index (χ1v) is 10.7. The van der Waals surface area contributed by atoms with Crippen LogP contribution in [0.5, 0.6) is 5.75 Å². The van der Waals surface area contributed by atoms with E-state index in [1.54, 1.807) is 6.07 Å². The van der Waals surface area contributed by atoms with Crippen LogP contribution in [0.25, 0.3) is 0 Å². The number of rotatable bonds is 2. The van der Waals surface area contributed by atoms with Crippen molar-refractivity contribution in [3.05, 3.63) is 29.8 Å². The van der Waals surface area contributed by atoms with E-state index in [-0.39, 0.29) is 41.4 Å². The fourth-order valence-electron chi connectivity index (χ4n) is 5.88. The fourth-order valence-corrected chi connectivity index (χ4v) is 5.88. The van der Waals surface area contributed by atoms with E-state index in [0.717, 1.165) is 19.3 Å². The number of piperidine rings is 1. The monoisotopic (exact) mass is 397 g/mol. The minimum absolute atomic E-state index is 0.0258. The number of primary amides is 1. The number of carbonyl (C=O) groups is 3. The molecule has 2 aliphatic heterocycles. The highest BCUT2D eigenvalue weighted by Gasteiger charge is 2.57. The Bertz CT molecular complexity index is 863. The molecule has 4 fully saturated rings. The number of likely N-dealkylation sites (tertiary alicyclic amines) is 1. The topological polar surface area (TPSA) is 102 Å². The second kappa shape index (κ2) is 6.75. The summed E-state index contributed by atoms with van der Waals surface area (Å²) in [6.45, 7) is 1.21. The average molecular weight is 397 g/mol. The molecule has 7 heteroatoms. The van der Waals surface area contributed by atoms with Gasteiger partial charge in [0.2, 0.25) is 11.8 Å². The molecule has 2 bridgehead atoms. The zero-order chi connectivity index (χ0) is 20.2. The van der Waals surface area contributed by atoms with Crippen LogP contribution in [0.15, 0.2) is 24.3 Å². The molecule has 7 nitrogen and oxygen atoms in total. The van der Waals surface area contributed by atoms with Crippen molar-refractivity contribution >= 4 is 17.7 Å². The van der Waals surface area contributed by atoms with Crippen LogP contribution in [-0.4, -0.2) is 41.4 Å². The van der Waals surface area contributed by atoms with Gasteiger partial charge in [0.15, 0.2) is 5.72 Å². The lowest BCUT2D eigenvalue weighted by molar-refractivity contribution is -0.157. The Hall–Kier alpha value is -2.57. The maximum Gasteiger partial charge on any atom is 0.258 e. The van der Waals surface area contributed by atoms with Crippen molar-refractivity contribution in [1.82, 2.24) is 10.2 Å². The largest absolute Gasteiger partial charge is 0.467 e. The summed E-state index contributed by atoms with van der Waals surface area (Å²) in [4.78, 5) is 39.2. The van der Waals surface area contributed by atoms with Gasteiger partial charge in [-0.1, -0.05) is 12.1 Å². The Morgan fingerprint density at radius 1 is 1.14 bits per heavy atom. The van der Waals surface area contributed by atoms with Gasteiger partial charge >= 0.3 is 0 Å². The third kappa shape index (κ3) is 2.98. The fraction of sp³-hybridized carbons (Fsp3) is 0.591. The van der Waals surface area contributed by atoms with Crippen molar-refractivity contribution in [2.45, 2.75) is 44.2 Å². The third-order valence-electron chi connectivity index (χ3n) is 7.49. The highest BCUT2D eigenvalue weighted by molar-refractivity contribution is 5.98. The van der Waals surface area contributed by atoms with Gasteiger partial charge in [-0.15, -0.1) is 0 Å². The molecule has 3 aliphatic carbocycles. The number of hydrogen-bond acceptors (Lipinski definition) is 4. The zero-order valence-electron chi connectivity index (χ0n) is 16.4. The van der Waals surface area contributed by atoms with Gasteiger partial charge in [0.1, 0.15) is 5.75 Å². The molecule has 29 heavy (non-hydrogen) atoms. The van der Waals surface area contributed by atoms with Gasteiger partial charge in [-0.05, 0) is 50.2 Å². The van der Waals surface area contributed by atoms with Gasteiger partial charge in [0.05, 0.1) is 5.56 Å². The second-order valence-electron chi connectivity index (χ2n) is 9.02. The molecular weight excluding hydrogens is 370 g/mol. The second-order valence-corrected chi connectivity index (χ2v) is 9.02. The Kier molecular flexibility index (Phi) is 4.29. The highest BCUT2D eigenvalue weighted by Crippen LogP contribution is 2.52. The molecule has 2 heterocycles. The summed E-state index contributed by atoms with van der Waals surface area (Å²) >= 11 is 0. The van der Waals surface area contributed by atoms with Crippen molar-refractivity contribution in [1.29, 1.82) is 0 Å². The maximum atomic E-state index is 13.2. The molecule has 1 saturated heterocycles. The first kappa shape index (κ1) is 18.5. The summed E-state index contributed by atoms with van der Waals surface area (Å²) in [5.41, 5.74) is 5.30. The van der Waals surface area contributed by atoms with Gasteiger partial charge in [0, 0.05) is 37.3 Å². The number of benzene rings is 1. The van der Waals surface area contributed by atoms with Crippen molar-refractivity contribution in [3.8, 4) is 5.75 Å². The molecule has 6 rings (SSSR count). The summed E-state index contributed by atoms with van der Waals surface area (Å²) < 4.78 is 6.37. The molecular formula is C22H27N3O4. The maximum absolute atomic E-state index is 13.2. The van der Waals surface area contributed by atoms with Gasteiger partial charge in [-0.3, -0.25) is 14.4 Å². The van der Waals surface area contributed by atoms with Crippen LogP contribution in [0.3, 0.4) is 0 Å². The SMILES string of the molecule is NC(=O)C1CCN(C(=O)[C@H]2C[C@H]3CC[C@@H]2C[C@]32NC(=O)c3ccccc3O2)CC1. The smallest absolute Gasteiger partial charge is 0.258 e. The number of nitrogens with two attached hydrogens (primary N) is 1. The molecule has 3 N–H and O–H groups in total. The first-order valence-electron chi connectivity index (χ1n) is 10.7. The molecule has 0 unspecified atom stereocenters. The molecule has 3 amide bonds. The number of ether oxygens (including phenoxy) is 1. The summed E-state index contributed by atoms with van der Waals surface area (Å²) in [7, 11) is 0. The van der Waals surface area contributed by atoms with Crippen molar-refractivity contribution in [2.24, 2.45) is 29.4 Å². The van der Waals surface area contributed by atoms with E-state index in [0.29, 0.717) is 43.7 Å². The molecule has 5 aliphatic rings. The molecule has 1 spiro atoms. The first-order chi connectivity index (χ1) is 14.0. The van der Waals surface area contributed by atoms with Crippen LogP contribution in [0.1, 0.15) is 48.9 Å². The minimum Gasteiger partial charge on any atom is -0.467 e. The van der Waals surface area contributed by atoms with Gasteiger partial charge < -0.3 is 20.7 Å². The molecule has 0 radical (unpaired) electrons. The van der Waals surface area contributed by atoms with Crippen molar-refractivity contribution in [2.75, 3.05) is 13.1 Å². The number of nitrogens with one attached hydrogen (secondary N) is 1. The minimum atomic E-state index is -0.690. The number of hydrogen-bond donors (Lipinski definition) is 2. The predicted molar refractivity (Wildman–Crippen MR) is 105 cm³/mol.